The van der Waals surface area contributed by atoms with Crippen LogP contribution in [0, 0.1) is 11.3 Å². The zero-order valence-electron chi connectivity index (χ0n) is 14.2. The highest BCUT2D eigenvalue weighted by molar-refractivity contribution is 7.99. The monoisotopic (exact) mass is 409 g/mol. The van der Waals surface area contributed by atoms with Crippen molar-refractivity contribution in [3.63, 3.8) is 0 Å². The zero-order valence-corrected chi connectivity index (χ0v) is 16.5. The van der Waals surface area contributed by atoms with E-state index in [1.165, 1.54) is 16.7 Å². The fraction of sp³-hybridized carbons (Fsp3) is 0.294. The number of hydrogen-bond donors (Lipinski definition) is 0. The van der Waals surface area contributed by atoms with Gasteiger partial charge in [0.25, 0.3) is 0 Å². The van der Waals surface area contributed by atoms with E-state index >= 15 is 0 Å². The molecule has 0 radical (unpaired) electrons. The molecule has 1 heterocycles. The first-order valence-electron chi connectivity index (χ1n) is 7.71. The Morgan fingerprint density at radius 1 is 1.46 bits per heavy atom. The molecular weight excluding hydrogens is 393 g/mol. The molecule has 0 atom stereocenters. The van der Waals surface area contributed by atoms with E-state index in [0.29, 0.717) is 46.1 Å². The molecular formula is C17H17Cl2N5OS. The van der Waals surface area contributed by atoms with Crippen LogP contribution in [0.5, 0.6) is 0 Å². The maximum Gasteiger partial charge on any atom is 0.232 e. The second-order valence-electron chi connectivity index (χ2n) is 5.34. The van der Waals surface area contributed by atoms with Crippen LogP contribution in [0.15, 0.2) is 36.0 Å². The van der Waals surface area contributed by atoms with Crippen molar-refractivity contribution < 1.29 is 4.79 Å². The second-order valence-corrected chi connectivity index (χ2v) is 7.13. The number of hydrogen-bond acceptors (Lipinski definition) is 5. The summed E-state index contributed by atoms with van der Waals surface area (Å²) in [5.74, 6) is 0.704. The van der Waals surface area contributed by atoms with Gasteiger partial charge >= 0.3 is 0 Å². The largest absolute Gasteiger partial charge is 0.344 e. The van der Waals surface area contributed by atoms with Gasteiger partial charge in [0.05, 0.1) is 23.3 Å². The molecule has 6 nitrogen and oxygen atoms in total. The van der Waals surface area contributed by atoms with Gasteiger partial charge in [-0.1, -0.05) is 41.0 Å². The summed E-state index contributed by atoms with van der Waals surface area (Å²) in [6.45, 7) is 4.64. The number of amides is 1. The van der Waals surface area contributed by atoms with Gasteiger partial charge in [0.15, 0.2) is 11.0 Å². The van der Waals surface area contributed by atoms with Gasteiger partial charge in [-0.2, -0.15) is 5.26 Å². The Bertz CT molecular complexity index is 846. The Morgan fingerprint density at radius 3 is 2.88 bits per heavy atom. The Kier molecular flexibility index (Phi) is 7.51. The highest BCUT2D eigenvalue weighted by atomic mass is 35.5. The first-order valence-corrected chi connectivity index (χ1v) is 9.45. The van der Waals surface area contributed by atoms with E-state index in [9.17, 15) is 4.79 Å². The first-order chi connectivity index (χ1) is 12.5. The molecule has 9 heteroatoms. The molecule has 0 aliphatic carbocycles. The van der Waals surface area contributed by atoms with Crippen molar-refractivity contribution >= 4 is 40.9 Å². The molecule has 26 heavy (non-hydrogen) atoms. The van der Waals surface area contributed by atoms with Crippen molar-refractivity contribution in [1.29, 1.82) is 5.26 Å². The van der Waals surface area contributed by atoms with Crippen LogP contribution in [0.25, 0.3) is 11.4 Å². The lowest BCUT2D eigenvalue weighted by Crippen LogP contribution is -2.29. The maximum atomic E-state index is 12.1. The molecule has 0 aliphatic heterocycles. The predicted octanol–water partition coefficient (Wildman–Crippen LogP) is 3.90. The molecule has 0 aliphatic rings. The minimum Gasteiger partial charge on any atom is -0.344 e. The summed E-state index contributed by atoms with van der Waals surface area (Å²) >= 11 is 13.5. The number of nitrogens with zero attached hydrogens (tertiary/aromatic N) is 5. The molecule has 1 aromatic heterocycles. The molecule has 1 aromatic carbocycles. The smallest absolute Gasteiger partial charge is 0.232 e. The van der Waals surface area contributed by atoms with Crippen molar-refractivity contribution in [2.45, 2.75) is 18.1 Å². The summed E-state index contributed by atoms with van der Waals surface area (Å²) in [6.07, 6.45) is 2.03. The number of allylic oxidation sites excluding steroid dienone is 1. The number of thioether (sulfide) groups is 1. The normalized spacial score (nSPS) is 10.4. The van der Waals surface area contributed by atoms with Crippen LogP contribution < -0.4 is 0 Å². The van der Waals surface area contributed by atoms with Crippen LogP contribution >= 0.6 is 35.0 Å². The lowest BCUT2D eigenvalue weighted by molar-refractivity contribution is -0.127. The Balaban J connectivity index is 2.20. The molecule has 2 rings (SSSR count). The molecule has 2 aromatic rings. The summed E-state index contributed by atoms with van der Waals surface area (Å²) in [5, 5.41) is 18.6. The molecule has 0 unspecified atom stereocenters. The number of carbonyl (C=O) groups excluding carboxylic acids is 1. The first kappa shape index (κ1) is 20.3. The van der Waals surface area contributed by atoms with E-state index in [4.69, 9.17) is 28.5 Å². The number of rotatable bonds is 8. The van der Waals surface area contributed by atoms with Crippen molar-refractivity contribution in [3.8, 4) is 17.5 Å². The molecule has 0 fully saturated rings. The Labute approximate surface area is 166 Å². The van der Waals surface area contributed by atoms with Crippen molar-refractivity contribution in [3.05, 3.63) is 40.9 Å². The van der Waals surface area contributed by atoms with Gasteiger partial charge < -0.3 is 4.90 Å². The highest BCUT2D eigenvalue weighted by Gasteiger charge is 2.18. The fourth-order valence-corrected chi connectivity index (χ4v) is 3.52. The minimum atomic E-state index is -0.0792. The van der Waals surface area contributed by atoms with Crippen LogP contribution in [-0.4, -0.2) is 44.9 Å². The van der Waals surface area contributed by atoms with E-state index in [2.05, 4.69) is 16.8 Å². The second kappa shape index (κ2) is 9.62. The number of carbonyl (C=O) groups is 1. The van der Waals surface area contributed by atoms with Crippen LogP contribution in [0.2, 0.25) is 10.0 Å². The lowest BCUT2D eigenvalue weighted by atomic mass is 10.2. The minimum absolute atomic E-state index is 0.0792. The Hall–Kier alpha value is -2.01. The van der Waals surface area contributed by atoms with Gasteiger partial charge in [-0.3, -0.25) is 9.36 Å². The molecule has 0 bridgehead atoms. The van der Waals surface area contributed by atoms with Crippen molar-refractivity contribution in [2.75, 3.05) is 19.3 Å². The van der Waals surface area contributed by atoms with Gasteiger partial charge in [0, 0.05) is 30.7 Å². The Morgan fingerprint density at radius 2 is 2.23 bits per heavy atom. The number of aromatic nitrogens is 3. The zero-order chi connectivity index (χ0) is 19.1. The molecule has 0 spiro atoms. The third kappa shape index (κ3) is 5.01. The van der Waals surface area contributed by atoms with Gasteiger partial charge in [0.1, 0.15) is 0 Å². The van der Waals surface area contributed by atoms with E-state index < -0.39 is 0 Å². The molecule has 1 amide bonds. The predicted molar refractivity (Wildman–Crippen MR) is 104 cm³/mol. The molecule has 0 saturated carbocycles. The fourth-order valence-electron chi connectivity index (χ4n) is 2.14. The summed E-state index contributed by atoms with van der Waals surface area (Å²) < 4.78 is 1.84. The lowest BCUT2D eigenvalue weighted by Gasteiger charge is -2.15. The van der Waals surface area contributed by atoms with Crippen LogP contribution in [0.3, 0.4) is 0 Å². The standard InChI is InChI=1S/C17H17Cl2N5OS/c1-3-8-24-16(13-6-5-12(18)10-14(13)19)21-22-17(24)26-11-15(25)23(2)9-4-7-20/h3,5-6,10H,1,4,8-9,11H2,2H3. The van der Waals surface area contributed by atoms with Crippen molar-refractivity contribution in [1.82, 2.24) is 19.7 Å². The van der Waals surface area contributed by atoms with E-state index in [1.54, 1.807) is 31.3 Å². The van der Waals surface area contributed by atoms with Gasteiger partial charge in [0.2, 0.25) is 5.91 Å². The van der Waals surface area contributed by atoms with Crippen LogP contribution in [-0.2, 0) is 11.3 Å². The van der Waals surface area contributed by atoms with Gasteiger partial charge in [-0.15, -0.1) is 16.8 Å². The van der Waals surface area contributed by atoms with Crippen molar-refractivity contribution in [2.24, 2.45) is 0 Å². The summed E-state index contributed by atoms with van der Waals surface area (Å²) in [7, 11) is 1.67. The average molecular weight is 410 g/mol. The van der Waals surface area contributed by atoms with Gasteiger partial charge in [-0.25, -0.2) is 0 Å². The van der Waals surface area contributed by atoms with Gasteiger partial charge in [-0.05, 0) is 18.2 Å². The number of halogens is 2. The summed E-state index contributed by atoms with van der Waals surface area (Å²) in [6, 6.07) is 7.18. The van der Waals surface area contributed by atoms with Crippen LogP contribution in [0.1, 0.15) is 6.42 Å². The van der Waals surface area contributed by atoms with E-state index in [-0.39, 0.29) is 11.7 Å². The molecule has 0 saturated heterocycles. The number of benzene rings is 1. The SMILES string of the molecule is C=CCn1c(SCC(=O)N(C)CCC#N)nnc1-c1ccc(Cl)cc1Cl. The molecule has 136 valence electrons. The quantitative estimate of drug-likeness (QED) is 0.487. The highest BCUT2D eigenvalue weighted by Crippen LogP contribution is 2.31. The maximum absolute atomic E-state index is 12.1. The number of nitriles is 1. The van der Waals surface area contributed by atoms with E-state index in [0.717, 1.165) is 0 Å². The van der Waals surface area contributed by atoms with Crippen LogP contribution in [0.4, 0.5) is 0 Å². The third-order valence-corrected chi connectivity index (χ3v) is 5.01. The average Bonchev–Trinajstić information content (AvgIpc) is 3.00. The third-order valence-electron chi connectivity index (χ3n) is 3.51. The van der Waals surface area contributed by atoms with E-state index in [1.807, 2.05) is 10.6 Å². The molecule has 0 N–H and O–H groups in total. The topological polar surface area (TPSA) is 74.8 Å². The summed E-state index contributed by atoms with van der Waals surface area (Å²) in [5.41, 5.74) is 0.703. The summed E-state index contributed by atoms with van der Waals surface area (Å²) in [4.78, 5) is 13.7.